The molecule has 2 saturated heterocycles. The molecule has 6 heteroatoms. The second kappa shape index (κ2) is 4.95. The SMILES string of the molecule is CC1CCN(c2ncc(B3OC(C)(C)C(C)(C)O3)cn2)C1. The van der Waals surface area contributed by atoms with Crippen LogP contribution in [0.2, 0.25) is 0 Å². The zero-order valence-electron chi connectivity index (χ0n) is 13.6. The number of hydrogen-bond donors (Lipinski definition) is 0. The fourth-order valence-corrected chi connectivity index (χ4v) is 2.71. The van der Waals surface area contributed by atoms with Crippen molar-refractivity contribution >= 4 is 18.5 Å². The summed E-state index contributed by atoms with van der Waals surface area (Å²) < 4.78 is 12.0. The van der Waals surface area contributed by atoms with Gasteiger partial charge in [0.05, 0.1) is 11.2 Å². The molecule has 2 aliphatic heterocycles. The average Bonchev–Trinajstić information content (AvgIpc) is 2.92. The average molecular weight is 289 g/mol. The molecule has 0 amide bonds. The molecule has 1 aromatic rings. The molecule has 2 aliphatic rings. The van der Waals surface area contributed by atoms with Crippen LogP contribution in [0.15, 0.2) is 12.4 Å². The minimum absolute atomic E-state index is 0.333. The summed E-state index contributed by atoms with van der Waals surface area (Å²) in [7, 11) is -0.387. The summed E-state index contributed by atoms with van der Waals surface area (Å²) in [4.78, 5) is 11.2. The number of anilines is 1. The molecule has 21 heavy (non-hydrogen) atoms. The summed E-state index contributed by atoms with van der Waals surface area (Å²) in [5.41, 5.74) is 0.214. The first-order valence-electron chi connectivity index (χ1n) is 7.71. The lowest BCUT2D eigenvalue weighted by Gasteiger charge is -2.32. The van der Waals surface area contributed by atoms with Crippen molar-refractivity contribution in [2.75, 3.05) is 18.0 Å². The van der Waals surface area contributed by atoms with Crippen LogP contribution >= 0.6 is 0 Å². The molecule has 114 valence electrons. The molecule has 5 nitrogen and oxygen atoms in total. The Morgan fingerprint density at radius 1 is 1.14 bits per heavy atom. The van der Waals surface area contributed by atoms with Gasteiger partial charge >= 0.3 is 7.12 Å². The Morgan fingerprint density at radius 3 is 2.19 bits per heavy atom. The Balaban J connectivity index is 1.74. The highest BCUT2D eigenvalue weighted by Gasteiger charge is 2.51. The van der Waals surface area contributed by atoms with Gasteiger partial charge < -0.3 is 14.2 Å². The molecule has 0 saturated carbocycles. The van der Waals surface area contributed by atoms with Gasteiger partial charge in [-0.2, -0.15) is 0 Å². The van der Waals surface area contributed by atoms with Gasteiger partial charge in [-0.15, -0.1) is 0 Å². The Morgan fingerprint density at radius 2 is 1.71 bits per heavy atom. The van der Waals surface area contributed by atoms with Crippen molar-refractivity contribution in [1.82, 2.24) is 9.97 Å². The summed E-state index contributed by atoms with van der Waals surface area (Å²) in [6.07, 6.45) is 4.86. The molecule has 0 N–H and O–H groups in total. The van der Waals surface area contributed by atoms with Crippen LogP contribution < -0.4 is 10.4 Å². The van der Waals surface area contributed by atoms with Gasteiger partial charge in [-0.1, -0.05) is 6.92 Å². The maximum atomic E-state index is 6.02. The lowest BCUT2D eigenvalue weighted by atomic mass is 9.81. The van der Waals surface area contributed by atoms with E-state index in [0.717, 1.165) is 30.4 Å². The molecule has 1 atom stereocenters. The number of hydrogen-bond acceptors (Lipinski definition) is 5. The van der Waals surface area contributed by atoms with Gasteiger partial charge in [0.25, 0.3) is 0 Å². The molecular formula is C15H24BN3O2. The summed E-state index contributed by atoms with van der Waals surface area (Å²) in [5, 5.41) is 0. The number of nitrogens with zero attached hydrogens (tertiary/aromatic N) is 3. The van der Waals surface area contributed by atoms with Crippen LogP contribution in [0.1, 0.15) is 41.0 Å². The van der Waals surface area contributed by atoms with E-state index < -0.39 is 0 Å². The third-order valence-electron chi connectivity index (χ3n) is 4.89. The van der Waals surface area contributed by atoms with E-state index in [0.29, 0.717) is 0 Å². The first kappa shape index (κ1) is 14.8. The largest absolute Gasteiger partial charge is 0.498 e. The Labute approximate surface area is 127 Å². The lowest BCUT2D eigenvalue weighted by molar-refractivity contribution is 0.00578. The minimum Gasteiger partial charge on any atom is -0.399 e. The van der Waals surface area contributed by atoms with Gasteiger partial charge in [0.2, 0.25) is 5.95 Å². The van der Waals surface area contributed by atoms with Crippen LogP contribution in [-0.4, -0.2) is 41.4 Å². The van der Waals surface area contributed by atoms with Gasteiger partial charge in [-0.3, -0.25) is 0 Å². The predicted octanol–water partition coefficient (Wildman–Crippen LogP) is 1.62. The number of aromatic nitrogens is 2. The Bertz CT molecular complexity index is 502. The first-order valence-corrected chi connectivity index (χ1v) is 7.71. The van der Waals surface area contributed by atoms with Crippen molar-refractivity contribution in [3.05, 3.63) is 12.4 Å². The highest BCUT2D eigenvalue weighted by Crippen LogP contribution is 2.36. The van der Waals surface area contributed by atoms with Crippen molar-refractivity contribution in [2.24, 2.45) is 5.92 Å². The molecule has 0 bridgehead atoms. The van der Waals surface area contributed by atoms with E-state index in [1.165, 1.54) is 6.42 Å². The molecule has 0 spiro atoms. The topological polar surface area (TPSA) is 47.5 Å². The van der Waals surface area contributed by atoms with Crippen molar-refractivity contribution < 1.29 is 9.31 Å². The summed E-state index contributed by atoms with van der Waals surface area (Å²) in [5.74, 6) is 1.52. The monoisotopic (exact) mass is 289 g/mol. The molecular weight excluding hydrogens is 265 g/mol. The van der Waals surface area contributed by atoms with Crippen LogP contribution in [0, 0.1) is 5.92 Å². The molecule has 1 aromatic heterocycles. The molecule has 1 unspecified atom stereocenters. The van der Waals surface area contributed by atoms with E-state index in [9.17, 15) is 0 Å². The molecule has 3 heterocycles. The van der Waals surface area contributed by atoms with E-state index in [2.05, 4.69) is 21.8 Å². The lowest BCUT2D eigenvalue weighted by Crippen LogP contribution is -2.41. The quantitative estimate of drug-likeness (QED) is 0.774. The number of rotatable bonds is 2. The van der Waals surface area contributed by atoms with Crippen molar-refractivity contribution in [3.63, 3.8) is 0 Å². The fourth-order valence-electron chi connectivity index (χ4n) is 2.71. The maximum Gasteiger partial charge on any atom is 0.498 e. The van der Waals surface area contributed by atoms with Crippen LogP contribution in [0.3, 0.4) is 0 Å². The third kappa shape index (κ3) is 2.67. The maximum absolute atomic E-state index is 6.02. The standard InChI is InChI=1S/C15H24BN3O2/c1-11-6-7-19(10-11)13-17-8-12(9-18-13)16-20-14(2,3)15(4,5)21-16/h8-9,11H,6-7,10H2,1-5H3. The summed E-state index contributed by atoms with van der Waals surface area (Å²) in [6, 6.07) is 0. The van der Waals surface area contributed by atoms with E-state index in [4.69, 9.17) is 9.31 Å². The second-order valence-corrected chi connectivity index (χ2v) is 7.24. The second-order valence-electron chi connectivity index (χ2n) is 7.24. The van der Waals surface area contributed by atoms with Crippen molar-refractivity contribution in [2.45, 2.75) is 52.2 Å². The summed E-state index contributed by atoms with van der Waals surface area (Å²) >= 11 is 0. The van der Waals surface area contributed by atoms with Crippen molar-refractivity contribution in [3.8, 4) is 0 Å². The minimum atomic E-state index is -0.387. The predicted molar refractivity (Wildman–Crippen MR) is 83.7 cm³/mol. The normalized spacial score (nSPS) is 27.4. The van der Waals surface area contributed by atoms with Gasteiger partial charge in [-0.05, 0) is 40.0 Å². The highest BCUT2D eigenvalue weighted by molar-refractivity contribution is 6.61. The zero-order valence-corrected chi connectivity index (χ0v) is 13.6. The fraction of sp³-hybridized carbons (Fsp3) is 0.733. The van der Waals surface area contributed by atoms with Gasteiger partial charge in [-0.25, -0.2) is 9.97 Å². The smallest absolute Gasteiger partial charge is 0.399 e. The zero-order chi connectivity index (χ0) is 15.3. The first-order chi connectivity index (χ1) is 9.78. The van der Waals surface area contributed by atoms with Gasteiger partial charge in [0.1, 0.15) is 0 Å². The Kier molecular flexibility index (Phi) is 3.49. The van der Waals surface area contributed by atoms with E-state index in [1.807, 2.05) is 40.1 Å². The molecule has 0 aliphatic carbocycles. The van der Waals surface area contributed by atoms with E-state index in [-0.39, 0.29) is 18.3 Å². The third-order valence-corrected chi connectivity index (χ3v) is 4.89. The van der Waals surface area contributed by atoms with Gasteiger partial charge in [0, 0.05) is 30.9 Å². The molecule has 3 rings (SSSR count). The van der Waals surface area contributed by atoms with E-state index >= 15 is 0 Å². The summed E-state index contributed by atoms with van der Waals surface area (Å²) in [6.45, 7) is 12.5. The van der Waals surface area contributed by atoms with Crippen molar-refractivity contribution in [1.29, 1.82) is 0 Å². The van der Waals surface area contributed by atoms with Crippen LogP contribution in [0.5, 0.6) is 0 Å². The van der Waals surface area contributed by atoms with Crippen LogP contribution in [0.4, 0.5) is 5.95 Å². The van der Waals surface area contributed by atoms with Crippen LogP contribution in [-0.2, 0) is 9.31 Å². The van der Waals surface area contributed by atoms with Gasteiger partial charge in [0.15, 0.2) is 0 Å². The molecule has 0 aromatic carbocycles. The van der Waals surface area contributed by atoms with Crippen LogP contribution in [0.25, 0.3) is 0 Å². The molecule has 2 fully saturated rings. The molecule has 0 radical (unpaired) electrons. The Hall–Kier alpha value is -1.14. The highest BCUT2D eigenvalue weighted by atomic mass is 16.7. The van der Waals surface area contributed by atoms with E-state index in [1.54, 1.807) is 0 Å².